The molecule has 0 saturated heterocycles. The number of thiocarbonyl (C=S) groups is 1. The van der Waals surface area contributed by atoms with Crippen LogP contribution in [0, 0.1) is 11.8 Å². The molecule has 0 rings (SSSR count). The molecule has 0 heterocycles. The Balaban J connectivity index is 5.86. The van der Waals surface area contributed by atoms with Gasteiger partial charge in [0.25, 0.3) is 0 Å². The van der Waals surface area contributed by atoms with Crippen LogP contribution in [-0.4, -0.2) is 62.7 Å². The summed E-state index contributed by atoms with van der Waals surface area (Å²) in [5.74, 6) is -0.988. The van der Waals surface area contributed by atoms with E-state index in [4.69, 9.17) is 39.8 Å². The molecule has 0 N–H and O–H groups in total. The normalized spacial score (nSPS) is 16.0. The fourth-order valence-corrected chi connectivity index (χ4v) is 9.07. The first-order valence-electron chi connectivity index (χ1n) is 10.9. The molecular formula is C20H40O9P2S2. The third kappa shape index (κ3) is 10.7. The zero-order chi connectivity index (χ0) is 25.7. The molecule has 0 aromatic rings. The Morgan fingerprint density at radius 1 is 0.909 bits per heavy atom. The summed E-state index contributed by atoms with van der Waals surface area (Å²) in [6.45, 7) is 8.14. The molecule has 196 valence electrons. The lowest BCUT2D eigenvalue weighted by Crippen LogP contribution is -2.28. The monoisotopic (exact) mass is 550 g/mol. The Hall–Kier alpha value is 0.01000. The maximum Gasteiger partial charge on any atom is 0.343 e. The van der Waals surface area contributed by atoms with Crippen LogP contribution in [0.5, 0.6) is 0 Å². The van der Waals surface area contributed by atoms with Gasteiger partial charge in [-0.25, -0.2) is 0 Å². The van der Waals surface area contributed by atoms with Crippen LogP contribution in [0.4, 0.5) is 0 Å². The molecule has 0 spiro atoms. The van der Waals surface area contributed by atoms with Crippen LogP contribution >= 0.6 is 39.2 Å². The lowest BCUT2D eigenvalue weighted by molar-refractivity contribution is -0.149. The standard InChI is InChI=1S/C20H40O9P2S2/c1-9-11-12-29-19(21)16(4)15(3)13-17(30(22,24-5)25-6)14-18(31(23,26-7)27-8)33-20(32)28-10-2/h15-18H,9-14H2,1-8H3. The van der Waals surface area contributed by atoms with E-state index in [1.54, 1.807) is 13.8 Å². The van der Waals surface area contributed by atoms with Crippen LogP contribution in [0.1, 0.15) is 53.4 Å². The number of carbonyl (C=O) groups is 1. The molecule has 4 unspecified atom stereocenters. The summed E-state index contributed by atoms with van der Waals surface area (Å²) >= 11 is 6.25. The lowest BCUT2D eigenvalue weighted by atomic mass is 9.91. The van der Waals surface area contributed by atoms with E-state index >= 15 is 0 Å². The van der Waals surface area contributed by atoms with Gasteiger partial charge in [-0.2, -0.15) is 0 Å². The van der Waals surface area contributed by atoms with Crippen molar-refractivity contribution >= 4 is 49.5 Å². The van der Waals surface area contributed by atoms with Crippen LogP contribution in [0.25, 0.3) is 0 Å². The van der Waals surface area contributed by atoms with E-state index in [1.165, 1.54) is 28.4 Å². The quantitative estimate of drug-likeness (QED) is 0.0907. The van der Waals surface area contributed by atoms with Gasteiger partial charge in [-0.3, -0.25) is 13.9 Å². The molecular weight excluding hydrogens is 510 g/mol. The summed E-state index contributed by atoms with van der Waals surface area (Å²) in [5, 5.41) is 0. The third-order valence-corrected chi connectivity index (χ3v) is 11.9. The van der Waals surface area contributed by atoms with Crippen molar-refractivity contribution in [3.05, 3.63) is 0 Å². The van der Waals surface area contributed by atoms with Gasteiger partial charge >= 0.3 is 21.2 Å². The van der Waals surface area contributed by atoms with Gasteiger partial charge in [-0.1, -0.05) is 39.0 Å². The molecule has 9 nitrogen and oxygen atoms in total. The molecule has 0 aromatic carbocycles. The molecule has 0 aliphatic rings. The van der Waals surface area contributed by atoms with Crippen molar-refractivity contribution in [2.75, 3.05) is 41.7 Å². The number of thioether (sulfide) groups is 1. The Bertz CT molecular complexity index is 676. The summed E-state index contributed by atoms with van der Waals surface area (Å²) in [6.07, 6.45) is 2.07. The number of hydrogen-bond acceptors (Lipinski definition) is 11. The van der Waals surface area contributed by atoms with E-state index in [0.717, 1.165) is 24.6 Å². The zero-order valence-electron chi connectivity index (χ0n) is 20.9. The molecule has 0 saturated carbocycles. The average molecular weight is 551 g/mol. The Labute approximate surface area is 208 Å². The third-order valence-electron chi connectivity index (χ3n) is 5.40. The number of rotatable bonds is 17. The van der Waals surface area contributed by atoms with Gasteiger partial charge in [0.15, 0.2) is 0 Å². The van der Waals surface area contributed by atoms with Crippen molar-refractivity contribution in [3.63, 3.8) is 0 Å². The number of esters is 1. The maximum absolute atomic E-state index is 13.4. The Kier molecular flexibility index (Phi) is 16.6. The van der Waals surface area contributed by atoms with Crippen LogP contribution < -0.4 is 0 Å². The van der Waals surface area contributed by atoms with Crippen LogP contribution in [0.15, 0.2) is 0 Å². The molecule has 33 heavy (non-hydrogen) atoms. The molecule has 0 radical (unpaired) electrons. The van der Waals surface area contributed by atoms with E-state index in [2.05, 4.69) is 0 Å². The first-order valence-corrected chi connectivity index (χ1v) is 15.4. The van der Waals surface area contributed by atoms with Gasteiger partial charge in [-0.05, 0) is 44.3 Å². The number of ether oxygens (including phenoxy) is 2. The molecule has 0 amide bonds. The minimum Gasteiger partial charge on any atom is -0.479 e. The highest BCUT2D eigenvalue weighted by molar-refractivity contribution is 8.25. The minimum atomic E-state index is -3.65. The van der Waals surface area contributed by atoms with Gasteiger partial charge in [0.1, 0.15) is 4.99 Å². The molecule has 0 aliphatic heterocycles. The van der Waals surface area contributed by atoms with E-state index in [9.17, 15) is 13.9 Å². The second-order valence-corrected chi connectivity index (χ2v) is 14.6. The van der Waals surface area contributed by atoms with Crippen molar-refractivity contribution in [2.45, 2.75) is 64.0 Å². The minimum absolute atomic E-state index is 0.0672. The van der Waals surface area contributed by atoms with Crippen molar-refractivity contribution in [1.82, 2.24) is 0 Å². The summed E-state index contributed by atoms with van der Waals surface area (Å²) in [6, 6.07) is 0. The van der Waals surface area contributed by atoms with E-state index in [0.29, 0.717) is 13.2 Å². The zero-order valence-corrected chi connectivity index (χ0v) is 24.4. The Morgan fingerprint density at radius 2 is 1.45 bits per heavy atom. The van der Waals surface area contributed by atoms with Gasteiger partial charge in [0.2, 0.25) is 4.38 Å². The lowest BCUT2D eigenvalue weighted by Gasteiger charge is -2.32. The van der Waals surface area contributed by atoms with Crippen molar-refractivity contribution in [1.29, 1.82) is 0 Å². The van der Waals surface area contributed by atoms with Gasteiger partial charge in [0, 0.05) is 28.4 Å². The van der Waals surface area contributed by atoms with Gasteiger partial charge in [0.05, 0.1) is 24.8 Å². The largest absolute Gasteiger partial charge is 0.479 e. The van der Waals surface area contributed by atoms with Crippen LogP contribution in [0.2, 0.25) is 0 Å². The fourth-order valence-electron chi connectivity index (χ4n) is 3.09. The Morgan fingerprint density at radius 3 is 1.91 bits per heavy atom. The maximum atomic E-state index is 13.4. The van der Waals surface area contributed by atoms with E-state index in [-0.39, 0.29) is 29.1 Å². The summed E-state index contributed by atoms with van der Waals surface area (Å²) < 4.78 is 58.5. The highest BCUT2D eigenvalue weighted by atomic mass is 32.2. The first kappa shape index (κ1) is 33.0. The molecule has 0 fully saturated rings. The summed E-state index contributed by atoms with van der Waals surface area (Å²) in [7, 11) is -2.13. The average Bonchev–Trinajstić information content (AvgIpc) is 2.81. The van der Waals surface area contributed by atoms with E-state index < -0.39 is 31.8 Å². The highest BCUT2D eigenvalue weighted by Crippen LogP contribution is 2.63. The second kappa shape index (κ2) is 16.6. The summed E-state index contributed by atoms with van der Waals surface area (Å²) in [5.41, 5.74) is -0.714. The smallest absolute Gasteiger partial charge is 0.343 e. The van der Waals surface area contributed by atoms with Crippen LogP contribution in [-0.2, 0) is 41.5 Å². The molecule has 0 aromatic heterocycles. The number of unbranched alkanes of at least 4 members (excludes halogenated alkanes) is 1. The molecule has 0 bridgehead atoms. The van der Waals surface area contributed by atoms with Gasteiger partial charge in [-0.15, -0.1) is 0 Å². The highest BCUT2D eigenvalue weighted by Gasteiger charge is 2.44. The molecule has 0 aliphatic carbocycles. The second-order valence-electron chi connectivity index (χ2n) is 7.48. The van der Waals surface area contributed by atoms with Crippen molar-refractivity contribution < 1.29 is 41.5 Å². The predicted octanol–water partition coefficient (Wildman–Crippen LogP) is 6.10. The molecule has 4 atom stereocenters. The number of carbonyl (C=O) groups excluding carboxylic acids is 1. The van der Waals surface area contributed by atoms with Crippen LogP contribution in [0.3, 0.4) is 0 Å². The fraction of sp³-hybridized carbons (Fsp3) is 0.900. The van der Waals surface area contributed by atoms with Crippen molar-refractivity contribution in [2.24, 2.45) is 11.8 Å². The SMILES string of the molecule is CCCCOC(=O)C(C)C(C)CC(CC(SC(=S)OCC)P(=O)(OC)OC)P(=O)(OC)OC. The first-order chi connectivity index (χ1) is 15.5. The topological polar surface area (TPSA) is 107 Å². The summed E-state index contributed by atoms with van der Waals surface area (Å²) in [4.78, 5) is 11.6. The predicted molar refractivity (Wildman–Crippen MR) is 136 cm³/mol. The van der Waals surface area contributed by atoms with E-state index in [1.807, 2.05) is 13.8 Å². The van der Waals surface area contributed by atoms with Crippen molar-refractivity contribution in [3.8, 4) is 0 Å². The van der Waals surface area contributed by atoms with Gasteiger partial charge < -0.3 is 27.6 Å². The molecule has 13 heteroatoms. The number of hydrogen-bond donors (Lipinski definition) is 0.